The van der Waals surface area contributed by atoms with Gasteiger partial charge in [-0.05, 0) is 68.8 Å². The van der Waals surface area contributed by atoms with Crippen molar-refractivity contribution >= 4 is 22.4 Å². The fourth-order valence-corrected chi connectivity index (χ4v) is 3.42. The molecule has 0 aliphatic carbocycles. The van der Waals surface area contributed by atoms with Crippen LogP contribution in [0.25, 0.3) is 27.8 Å². The zero-order chi connectivity index (χ0) is 20.1. The third kappa shape index (κ3) is 3.07. The third-order valence-electron chi connectivity index (χ3n) is 5.47. The molecular weight excluding hydrogens is 348 g/mol. The molecule has 4 aromatic rings. The molecule has 28 heavy (non-hydrogen) atoms. The molecule has 0 radical (unpaired) electrons. The Hall–Kier alpha value is -3.08. The van der Waals surface area contributed by atoms with Crippen LogP contribution in [0.1, 0.15) is 38.3 Å². The second-order valence-electron chi connectivity index (χ2n) is 8.16. The Bertz CT molecular complexity index is 1250. The van der Waals surface area contributed by atoms with E-state index in [2.05, 4.69) is 37.1 Å². The molecular formula is C23H26N4O. The number of imidazole rings is 1. The van der Waals surface area contributed by atoms with Crippen molar-refractivity contribution in [2.75, 3.05) is 5.32 Å². The smallest absolute Gasteiger partial charge is 0.258 e. The maximum Gasteiger partial charge on any atom is 0.258 e. The minimum absolute atomic E-state index is 0.126. The van der Waals surface area contributed by atoms with E-state index in [1.165, 1.54) is 0 Å². The summed E-state index contributed by atoms with van der Waals surface area (Å²) < 4.78 is 2.03. The van der Waals surface area contributed by atoms with Gasteiger partial charge in [-0.25, -0.2) is 4.98 Å². The van der Waals surface area contributed by atoms with E-state index in [1.807, 2.05) is 54.8 Å². The highest BCUT2D eigenvalue weighted by molar-refractivity contribution is 5.87. The van der Waals surface area contributed by atoms with E-state index in [-0.39, 0.29) is 11.1 Å². The van der Waals surface area contributed by atoms with Crippen LogP contribution < -0.4 is 10.9 Å². The largest absolute Gasteiger partial charge is 0.364 e. The molecule has 0 bridgehead atoms. The summed E-state index contributed by atoms with van der Waals surface area (Å²) in [5, 5.41) is 4.62. The zero-order valence-electron chi connectivity index (χ0n) is 17.1. The summed E-state index contributed by atoms with van der Waals surface area (Å²) in [5.41, 5.74) is 4.89. The number of nitrogens with zero attached hydrogens (tertiary/aromatic N) is 2. The molecule has 5 heteroatoms. The number of para-hydroxylation sites is 1. The summed E-state index contributed by atoms with van der Waals surface area (Å²) >= 11 is 0. The molecule has 0 aliphatic heterocycles. The van der Waals surface area contributed by atoms with Crippen molar-refractivity contribution in [1.82, 2.24) is 14.4 Å². The highest BCUT2D eigenvalue weighted by atomic mass is 16.1. The number of benzene rings is 1. The van der Waals surface area contributed by atoms with Crippen molar-refractivity contribution in [3.63, 3.8) is 0 Å². The highest BCUT2D eigenvalue weighted by Gasteiger charge is 2.23. The average Bonchev–Trinajstić information content (AvgIpc) is 2.98. The van der Waals surface area contributed by atoms with E-state index in [9.17, 15) is 4.79 Å². The van der Waals surface area contributed by atoms with Gasteiger partial charge in [0.25, 0.3) is 5.56 Å². The number of hydrogen-bond donors (Lipinski definition) is 2. The second kappa shape index (κ2) is 6.51. The molecule has 3 aromatic heterocycles. The van der Waals surface area contributed by atoms with Crippen LogP contribution in [0.5, 0.6) is 0 Å². The van der Waals surface area contributed by atoms with E-state index in [4.69, 9.17) is 4.98 Å². The fourth-order valence-electron chi connectivity index (χ4n) is 3.42. The Kier molecular flexibility index (Phi) is 4.26. The average molecular weight is 374 g/mol. The number of nitrogens with one attached hydrogen (secondary N) is 2. The van der Waals surface area contributed by atoms with Gasteiger partial charge in [0, 0.05) is 11.7 Å². The summed E-state index contributed by atoms with van der Waals surface area (Å²) in [6.07, 6.45) is 2.95. The molecule has 1 aromatic carbocycles. The Morgan fingerprint density at radius 2 is 1.96 bits per heavy atom. The number of rotatable bonds is 4. The van der Waals surface area contributed by atoms with Crippen molar-refractivity contribution in [1.29, 1.82) is 0 Å². The molecule has 0 amide bonds. The van der Waals surface area contributed by atoms with Crippen molar-refractivity contribution in [2.24, 2.45) is 0 Å². The second-order valence-corrected chi connectivity index (χ2v) is 8.16. The van der Waals surface area contributed by atoms with Crippen LogP contribution in [0.15, 0.2) is 47.4 Å². The lowest BCUT2D eigenvalue weighted by Gasteiger charge is -2.26. The number of fused-ring (bicyclic) bond motifs is 2. The van der Waals surface area contributed by atoms with Gasteiger partial charge in [-0.3, -0.25) is 9.20 Å². The predicted octanol–water partition coefficient (Wildman–Crippen LogP) is 5.06. The van der Waals surface area contributed by atoms with E-state index < -0.39 is 0 Å². The number of H-pyrrole nitrogens is 1. The predicted molar refractivity (Wildman–Crippen MR) is 116 cm³/mol. The first-order valence-electron chi connectivity index (χ1n) is 9.69. The number of aromatic amines is 1. The van der Waals surface area contributed by atoms with Gasteiger partial charge in [0.05, 0.1) is 11.1 Å². The minimum atomic E-state index is -0.129. The van der Waals surface area contributed by atoms with Crippen LogP contribution >= 0.6 is 0 Å². The zero-order valence-corrected chi connectivity index (χ0v) is 17.1. The first kappa shape index (κ1) is 18.3. The van der Waals surface area contributed by atoms with Gasteiger partial charge in [0.1, 0.15) is 17.2 Å². The van der Waals surface area contributed by atoms with Crippen molar-refractivity contribution in [3.8, 4) is 11.3 Å². The van der Waals surface area contributed by atoms with E-state index in [0.717, 1.165) is 39.9 Å². The molecule has 0 unspecified atom stereocenters. The van der Waals surface area contributed by atoms with E-state index >= 15 is 0 Å². The lowest BCUT2D eigenvalue weighted by Crippen LogP contribution is -2.30. The Balaban J connectivity index is 2.01. The van der Waals surface area contributed by atoms with E-state index in [0.29, 0.717) is 11.3 Å². The highest BCUT2D eigenvalue weighted by Crippen LogP contribution is 2.31. The summed E-state index contributed by atoms with van der Waals surface area (Å²) in [6, 6.07) is 12.1. The van der Waals surface area contributed by atoms with Crippen LogP contribution in [-0.2, 0) is 0 Å². The monoisotopic (exact) mass is 374 g/mol. The molecule has 4 rings (SSSR count). The van der Waals surface area contributed by atoms with Gasteiger partial charge in [-0.2, -0.15) is 0 Å². The summed E-state index contributed by atoms with van der Waals surface area (Å²) in [6.45, 7) is 10.5. The van der Waals surface area contributed by atoms with Crippen molar-refractivity contribution in [3.05, 3.63) is 64.1 Å². The summed E-state index contributed by atoms with van der Waals surface area (Å²) in [4.78, 5) is 20.9. The number of hydrogen-bond acceptors (Lipinski definition) is 3. The van der Waals surface area contributed by atoms with Crippen LogP contribution in [0.3, 0.4) is 0 Å². The van der Waals surface area contributed by atoms with Gasteiger partial charge in [0.2, 0.25) is 0 Å². The molecule has 0 saturated heterocycles. The van der Waals surface area contributed by atoms with Gasteiger partial charge in [0.15, 0.2) is 0 Å². The first-order chi connectivity index (χ1) is 13.3. The SMILES string of the molecule is CCC(C)(C)Nc1c(-c2cc3cccc(C)c3[nH]c2=O)nc2cc(C)ccn12. The maximum absolute atomic E-state index is 13.0. The Morgan fingerprint density at radius 3 is 2.71 bits per heavy atom. The molecule has 5 nitrogen and oxygen atoms in total. The lowest BCUT2D eigenvalue weighted by molar-refractivity contribution is 0.544. The van der Waals surface area contributed by atoms with Crippen LogP contribution in [0.4, 0.5) is 5.82 Å². The Morgan fingerprint density at radius 1 is 1.18 bits per heavy atom. The number of anilines is 1. The first-order valence-corrected chi connectivity index (χ1v) is 9.69. The lowest BCUT2D eigenvalue weighted by atomic mass is 10.0. The van der Waals surface area contributed by atoms with Crippen molar-refractivity contribution < 1.29 is 0 Å². The standard InChI is InChI=1S/C23H26N4O/c1-6-23(4,5)26-21-20(24-18-12-14(2)10-11-27(18)21)17-13-16-9-7-8-15(3)19(16)25-22(17)28/h7-13,26H,6H2,1-5H3,(H,25,28). The van der Waals surface area contributed by atoms with Crippen LogP contribution in [0.2, 0.25) is 0 Å². The summed E-state index contributed by atoms with van der Waals surface area (Å²) in [5.74, 6) is 0.847. The number of aryl methyl sites for hydroxylation is 2. The maximum atomic E-state index is 13.0. The molecule has 2 N–H and O–H groups in total. The fraction of sp³-hybridized carbons (Fsp3) is 0.304. The van der Waals surface area contributed by atoms with Gasteiger partial charge < -0.3 is 10.3 Å². The van der Waals surface area contributed by atoms with E-state index in [1.54, 1.807) is 0 Å². The molecule has 0 fully saturated rings. The van der Waals surface area contributed by atoms with Gasteiger partial charge in [-0.15, -0.1) is 0 Å². The molecule has 144 valence electrons. The normalized spacial score (nSPS) is 12.0. The number of aromatic nitrogens is 3. The van der Waals surface area contributed by atoms with Crippen molar-refractivity contribution in [2.45, 2.75) is 46.6 Å². The van der Waals surface area contributed by atoms with Gasteiger partial charge >= 0.3 is 0 Å². The number of pyridine rings is 2. The topological polar surface area (TPSA) is 62.2 Å². The summed E-state index contributed by atoms with van der Waals surface area (Å²) in [7, 11) is 0. The minimum Gasteiger partial charge on any atom is -0.364 e. The molecule has 0 aliphatic rings. The molecule has 0 spiro atoms. The van der Waals surface area contributed by atoms with Crippen LogP contribution in [0, 0.1) is 13.8 Å². The quantitative estimate of drug-likeness (QED) is 0.525. The molecule has 3 heterocycles. The Labute approximate surface area is 164 Å². The molecule has 0 atom stereocenters. The van der Waals surface area contributed by atoms with Gasteiger partial charge in [-0.1, -0.05) is 25.1 Å². The third-order valence-corrected chi connectivity index (χ3v) is 5.47. The molecule has 0 saturated carbocycles. The van der Waals surface area contributed by atoms with Crippen LogP contribution in [-0.4, -0.2) is 19.9 Å².